The van der Waals surface area contributed by atoms with Crippen LogP contribution in [0, 0.1) is 6.92 Å². The van der Waals surface area contributed by atoms with E-state index in [1.54, 1.807) is 19.2 Å². The molecule has 0 radical (unpaired) electrons. The van der Waals surface area contributed by atoms with E-state index in [4.69, 9.17) is 4.74 Å². The number of azo groups is 1. The molecule has 0 atom stereocenters. The van der Waals surface area contributed by atoms with E-state index in [0.29, 0.717) is 12.0 Å². The average molecular weight is 375 g/mol. The summed E-state index contributed by atoms with van der Waals surface area (Å²) in [6, 6.07) is 20.4. The van der Waals surface area contributed by atoms with E-state index in [1.165, 1.54) is 0 Å². The fourth-order valence-electron chi connectivity index (χ4n) is 2.78. The van der Waals surface area contributed by atoms with Gasteiger partial charge in [-0.1, -0.05) is 24.3 Å². The summed E-state index contributed by atoms with van der Waals surface area (Å²) in [6.45, 7) is 2.46. The molecule has 28 heavy (non-hydrogen) atoms. The molecule has 0 saturated heterocycles. The van der Waals surface area contributed by atoms with Crippen LogP contribution >= 0.6 is 0 Å². The second-order valence-electron chi connectivity index (χ2n) is 6.33. The molecular weight excluding hydrogens is 353 g/mol. The third-order valence-corrected chi connectivity index (χ3v) is 4.36. The van der Waals surface area contributed by atoms with E-state index in [2.05, 4.69) is 15.5 Å². The summed E-state index contributed by atoms with van der Waals surface area (Å²) >= 11 is 0. The van der Waals surface area contributed by atoms with E-state index in [-0.39, 0.29) is 0 Å². The van der Waals surface area contributed by atoms with Gasteiger partial charge in [0.25, 0.3) is 0 Å². The molecule has 7 heteroatoms. The van der Waals surface area contributed by atoms with Gasteiger partial charge >= 0.3 is 7.12 Å². The van der Waals surface area contributed by atoms with Crippen LogP contribution in [0.1, 0.15) is 11.1 Å². The summed E-state index contributed by atoms with van der Waals surface area (Å²) in [7, 11) is 0.139. The number of nitrogens with one attached hydrogen (secondary N) is 1. The van der Waals surface area contributed by atoms with Gasteiger partial charge in [0, 0.05) is 12.2 Å². The minimum Gasteiger partial charge on any atom is -0.497 e. The van der Waals surface area contributed by atoms with Crippen molar-refractivity contribution in [1.29, 1.82) is 0 Å². The molecule has 3 rings (SSSR count). The molecule has 0 fully saturated rings. The van der Waals surface area contributed by atoms with Crippen LogP contribution in [0.3, 0.4) is 0 Å². The van der Waals surface area contributed by atoms with Crippen LogP contribution in [0.5, 0.6) is 5.75 Å². The largest absolute Gasteiger partial charge is 0.497 e. The molecule has 6 nitrogen and oxygen atoms in total. The van der Waals surface area contributed by atoms with Gasteiger partial charge in [-0.25, -0.2) is 0 Å². The minimum absolute atomic E-state index is 0.486. The highest BCUT2D eigenvalue weighted by molar-refractivity contribution is 6.59. The lowest BCUT2D eigenvalue weighted by Gasteiger charge is -2.12. The molecule has 3 N–H and O–H groups in total. The molecule has 0 bridgehead atoms. The smallest absolute Gasteiger partial charge is 0.488 e. The lowest BCUT2D eigenvalue weighted by Crippen LogP contribution is -2.33. The van der Waals surface area contributed by atoms with Crippen molar-refractivity contribution in [3.05, 3.63) is 77.9 Å². The fourth-order valence-corrected chi connectivity index (χ4v) is 2.78. The van der Waals surface area contributed by atoms with Gasteiger partial charge < -0.3 is 20.1 Å². The first kappa shape index (κ1) is 19.6. The average Bonchev–Trinajstić information content (AvgIpc) is 2.72. The van der Waals surface area contributed by atoms with Crippen LogP contribution in [-0.4, -0.2) is 24.3 Å². The predicted octanol–water partition coefficient (Wildman–Crippen LogP) is 3.71. The fraction of sp³-hybridized carbons (Fsp3) is 0.143. The van der Waals surface area contributed by atoms with Gasteiger partial charge in [-0.3, -0.25) is 0 Å². The molecule has 3 aromatic rings. The SMILES string of the molecule is COc1ccc(N=Nc2ccc(NCc3ccccc3B(O)O)cc2C)cc1. The monoisotopic (exact) mass is 375 g/mol. The van der Waals surface area contributed by atoms with E-state index in [1.807, 2.05) is 61.5 Å². The number of aryl methyl sites for hydroxylation is 1. The molecule has 3 aromatic carbocycles. The number of rotatable bonds is 7. The Bertz CT molecular complexity index is 959. The van der Waals surface area contributed by atoms with Crippen LogP contribution in [0.15, 0.2) is 77.0 Å². The Balaban J connectivity index is 1.67. The van der Waals surface area contributed by atoms with Crippen molar-refractivity contribution >= 4 is 29.6 Å². The Morgan fingerprint density at radius 1 is 0.964 bits per heavy atom. The molecular formula is C21H22BN3O3. The van der Waals surface area contributed by atoms with Crippen LogP contribution in [0.25, 0.3) is 0 Å². The molecule has 0 amide bonds. The van der Waals surface area contributed by atoms with E-state index in [0.717, 1.165) is 33.9 Å². The lowest BCUT2D eigenvalue weighted by atomic mass is 9.77. The van der Waals surface area contributed by atoms with Crippen LogP contribution in [0.2, 0.25) is 0 Å². The summed E-state index contributed by atoms with van der Waals surface area (Å²) < 4.78 is 5.13. The number of methoxy groups -OCH3 is 1. The molecule has 0 heterocycles. The third kappa shape index (κ3) is 4.97. The molecule has 0 aliphatic carbocycles. The molecule has 0 saturated carbocycles. The lowest BCUT2D eigenvalue weighted by molar-refractivity contribution is 0.415. The highest BCUT2D eigenvalue weighted by atomic mass is 16.5. The maximum absolute atomic E-state index is 9.46. The standard InChI is InChI=1S/C21H22BN3O3/c1-15-13-18(23-14-16-5-3-4-6-20(16)22(26)27)9-12-21(15)25-24-17-7-10-19(28-2)11-8-17/h3-13,23,26-27H,14H2,1-2H3. The quantitative estimate of drug-likeness (QED) is 0.434. The van der Waals surface area contributed by atoms with Gasteiger partial charge in [-0.15, -0.1) is 0 Å². The number of anilines is 1. The van der Waals surface area contributed by atoms with Crippen LogP contribution in [-0.2, 0) is 6.54 Å². The number of nitrogens with zero attached hydrogens (tertiary/aromatic N) is 2. The molecule has 0 spiro atoms. The topological polar surface area (TPSA) is 86.4 Å². The van der Waals surface area contributed by atoms with Crippen molar-refractivity contribution in [2.75, 3.05) is 12.4 Å². The summed E-state index contributed by atoms with van der Waals surface area (Å²) in [6.07, 6.45) is 0. The maximum atomic E-state index is 9.46. The Morgan fingerprint density at radius 2 is 1.71 bits per heavy atom. The van der Waals surface area contributed by atoms with Gasteiger partial charge in [0.1, 0.15) is 5.75 Å². The zero-order chi connectivity index (χ0) is 19.9. The first-order valence-electron chi connectivity index (χ1n) is 8.91. The third-order valence-electron chi connectivity index (χ3n) is 4.36. The highest BCUT2D eigenvalue weighted by Crippen LogP contribution is 2.26. The zero-order valence-corrected chi connectivity index (χ0v) is 15.8. The van der Waals surface area contributed by atoms with E-state index >= 15 is 0 Å². The molecule has 0 unspecified atom stereocenters. The first-order valence-corrected chi connectivity index (χ1v) is 8.91. The van der Waals surface area contributed by atoms with Crippen LogP contribution in [0.4, 0.5) is 17.1 Å². The van der Waals surface area contributed by atoms with Crippen molar-refractivity contribution in [3.8, 4) is 5.75 Å². The summed E-state index contributed by atoms with van der Waals surface area (Å²) in [5, 5.41) is 30.8. The maximum Gasteiger partial charge on any atom is 0.488 e. The van der Waals surface area contributed by atoms with Gasteiger partial charge in [-0.2, -0.15) is 10.2 Å². The van der Waals surface area contributed by atoms with Crippen molar-refractivity contribution < 1.29 is 14.8 Å². The van der Waals surface area contributed by atoms with Crippen molar-refractivity contribution in [3.63, 3.8) is 0 Å². The summed E-state index contributed by atoms with van der Waals surface area (Å²) in [4.78, 5) is 0. The van der Waals surface area contributed by atoms with Crippen LogP contribution < -0.4 is 15.5 Å². The zero-order valence-electron chi connectivity index (χ0n) is 15.8. The van der Waals surface area contributed by atoms with Gasteiger partial charge in [0.2, 0.25) is 0 Å². The summed E-state index contributed by atoms with van der Waals surface area (Å²) in [5.74, 6) is 0.779. The normalized spacial score (nSPS) is 10.9. The minimum atomic E-state index is -1.49. The number of hydrogen-bond acceptors (Lipinski definition) is 6. The second-order valence-corrected chi connectivity index (χ2v) is 6.33. The number of hydrogen-bond donors (Lipinski definition) is 3. The number of benzene rings is 3. The van der Waals surface area contributed by atoms with Crippen molar-refractivity contribution in [2.45, 2.75) is 13.5 Å². The highest BCUT2D eigenvalue weighted by Gasteiger charge is 2.14. The molecule has 0 aliphatic heterocycles. The van der Waals surface area contributed by atoms with Gasteiger partial charge in [-0.05, 0) is 66.0 Å². The van der Waals surface area contributed by atoms with Crippen molar-refractivity contribution in [1.82, 2.24) is 0 Å². The number of ether oxygens (including phenoxy) is 1. The molecule has 0 aliphatic rings. The van der Waals surface area contributed by atoms with Gasteiger partial charge in [0.15, 0.2) is 0 Å². The molecule has 0 aromatic heterocycles. The first-order chi connectivity index (χ1) is 13.6. The Kier molecular flexibility index (Phi) is 6.42. The Labute approximate surface area is 164 Å². The van der Waals surface area contributed by atoms with E-state index in [9.17, 15) is 10.0 Å². The van der Waals surface area contributed by atoms with E-state index < -0.39 is 7.12 Å². The Hall–Kier alpha value is -3.16. The van der Waals surface area contributed by atoms with Gasteiger partial charge in [0.05, 0.1) is 18.5 Å². The van der Waals surface area contributed by atoms with Crippen molar-refractivity contribution in [2.24, 2.45) is 10.2 Å². The predicted molar refractivity (Wildman–Crippen MR) is 112 cm³/mol. The molecule has 142 valence electrons. The second kappa shape index (κ2) is 9.17. The Morgan fingerprint density at radius 3 is 2.39 bits per heavy atom. The summed E-state index contributed by atoms with van der Waals surface area (Å²) in [5.41, 5.74) is 4.77.